The maximum Gasteiger partial charge on any atom is 0.313 e. The molecule has 1 aromatic carbocycles. The van der Waals surface area contributed by atoms with Gasteiger partial charge in [-0.1, -0.05) is 6.92 Å². The zero-order valence-electron chi connectivity index (χ0n) is 10.7. The van der Waals surface area contributed by atoms with Crippen LogP contribution in [-0.2, 0) is 0 Å². The number of nitrogens with zero attached hydrogens (tertiary/aromatic N) is 1. The lowest BCUT2D eigenvalue weighted by Gasteiger charge is -2.22. The lowest BCUT2D eigenvalue weighted by atomic mass is 10.0. The lowest BCUT2D eigenvalue weighted by molar-refractivity contribution is -0.386. The molecule has 1 atom stereocenters. The third-order valence-corrected chi connectivity index (χ3v) is 2.80. The number of nitro groups is 1. The second kappa shape index (κ2) is 5.30. The van der Waals surface area contributed by atoms with Gasteiger partial charge in [0.2, 0.25) is 0 Å². The molecule has 2 N–H and O–H groups in total. The Bertz CT molecular complexity index is 461. The van der Waals surface area contributed by atoms with Crippen LogP contribution in [0.3, 0.4) is 0 Å². The molecule has 6 heteroatoms. The second-order valence-electron chi connectivity index (χ2n) is 4.62. The van der Waals surface area contributed by atoms with Crippen molar-refractivity contribution in [2.45, 2.75) is 32.7 Å². The predicted molar refractivity (Wildman–Crippen MR) is 66.2 cm³/mol. The summed E-state index contributed by atoms with van der Waals surface area (Å²) in [7, 11) is 0. The van der Waals surface area contributed by atoms with Gasteiger partial charge in [0.15, 0.2) is 5.75 Å². The number of halogens is 1. The fourth-order valence-electron chi connectivity index (χ4n) is 1.25. The zero-order chi connectivity index (χ0) is 13.9. The largest absolute Gasteiger partial charge is 0.485 e. The maximum absolute atomic E-state index is 13.3. The number of nitrogens with two attached hydrogens (primary N) is 1. The highest BCUT2D eigenvalue weighted by Crippen LogP contribution is 2.30. The van der Waals surface area contributed by atoms with E-state index in [1.807, 2.05) is 6.92 Å². The topological polar surface area (TPSA) is 78.4 Å². The molecular weight excluding hydrogens is 239 g/mol. The highest BCUT2D eigenvalue weighted by Gasteiger charge is 2.22. The van der Waals surface area contributed by atoms with Gasteiger partial charge in [-0.05, 0) is 31.9 Å². The minimum absolute atomic E-state index is 0.0454. The van der Waals surface area contributed by atoms with Gasteiger partial charge in [-0.2, -0.15) is 0 Å². The quantitative estimate of drug-likeness (QED) is 0.648. The van der Waals surface area contributed by atoms with E-state index in [9.17, 15) is 14.5 Å². The first-order valence-electron chi connectivity index (χ1n) is 5.63. The molecule has 0 radical (unpaired) electrons. The van der Waals surface area contributed by atoms with E-state index in [1.54, 1.807) is 6.92 Å². The van der Waals surface area contributed by atoms with Gasteiger partial charge in [0.1, 0.15) is 12.4 Å². The Hall–Kier alpha value is -1.69. The highest BCUT2D eigenvalue weighted by molar-refractivity contribution is 5.49. The van der Waals surface area contributed by atoms with Crippen molar-refractivity contribution in [3.63, 3.8) is 0 Å². The maximum atomic E-state index is 13.3. The number of hydrogen-bond acceptors (Lipinski definition) is 4. The number of hydrogen-bond donors (Lipinski definition) is 1. The standard InChI is InChI=1S/C12H17FN2O3/c1-4-12(3,14)7-18-11-5-8(2)9(13)6-10(11)15(16)17/h5-6H,4,7,14H2,1-3H3. The molecule has 1 aromatic rings. The molecule has 100 valence electrons. The molecule has 0 aliphatic heterocycles. The minimum atomic E-state index is -0.669. The molecule has 0 aromatic heterocycles. The molecule has 18 heavy (non-hydrogen) atoms. The Labute approximate surface area is 105 Å². The summed E-state index contributed by atoms with van der Waals surface area (Å²) in [6.45, 7) is 5.34. The van der Waals surface area contributed by atoms with Crippen LogP contribution in [0.1, 0.15) is 25.8 Å². The van der Waals surface area contributed by atoms with E-state index < -0.39 is 16.3 Å². The van der Waals surface area contributed by atoms with Crippen LogP contribution in [0.2, 0.25) is 0 Å². The van der Waals surface area contributed by atoms with Gasteiger partial charge in [-0.15, -0.1) is 0 Å². The van der Waals surface area contributed by atoms with Crippen molar-refractivity contribution in [2.75, 3.05) is 6.61 Å². The van der Waals surface area contributed by atoms with Crippen molar-refractivity contribution in [1.82, 2.24) is 0 Å². The molecule has 1 rings (SSSR count). The number of rotatable bonds is 5. The third kappa shape index (κ3) is 3.40. The third-order valence-electron chi connectivity index (χ3n) is 2.80. The second-order valence-corrected chi connectivity index (χ2v) is 4.62. The Morgan fingerprint density at radius 2 is 2.17 bits per heavy atom. The van der Waals surface area contributed by atoms with Crippen LogP contribution in [0.15, 0.2) is 12.1 Å². The Morgan fingerprint density at radius 3 is 2.67 bits per heavy atom. The monoisotopic (exact) mass is 256 g/mol. The van der Waals surface area contributed by atoms with Gasteiger partial charge in [0.05, 0.1) is 11.0 Å². The Balaban J connectivity index is 3.01. The molecule has 5 nitrogen and oxygen atoms in total. The number of ether oxygens (including phenoxy) is 1. The van der Waals surface area contributed by atoms with Crippen LogP contribution in [0.25, 0.3) is 0 Å². The average molecular weight is 256 g/mol. The molecular formula is C12H17FN2O3. The van der Waals surface area contributed by atoms with Gasteiger partial charge in [-0.25, -0.2) is 4.39 Å². The molecule has 0 aliphatic carbocycles. The molecule has 0 saturated heterocycles. The Morgan fingerprint density at radius 1 is 1.56 bits per heavy atom. The molecule has 0 amide bonds. The first-order valence-corrected chi connectivity index (χ1v) is 5.63. The summed E-state index contributed by atoms with van der Waals surface area (Å²) in [6, 6.07) is 2.18. The fourth-order valence-corrected chi connectivity index (χ4v) is 1.25. The summed E-state index contributed by atoms with van der Waals surface area (Å²) in [5, 5.41) is 10.8. The van der Waals surface area contributed by atoms with Crippen molar-refractivity contribution in [1.29, 1.82) is 0 Å². The van der Waals surface area contributed by atoms with E-state index in [2.05, 4.69) is 0 Å². The van der Waals surface area contributed by atoms with Crippen molar-refractivity contribution >= 4 is 5.69 Å². The van der Waals surface area contributed by atoms with Crippen LogP contribution in [0.5, 0.6) is 5.75 Å². The van der Waals surface area contributed by atoms with Crippen molar-refractivity contribution in [2.24, 2.45) is 5.73 Å². The van der Waals surface area contributed by atoms with Gasteiger partial charge in [0.25, 0.3) is 0 Å². The lowest BCUT2D eigenvalue weighted by Crippen LogP contribution is -2.41. The smallest absolute Gasteiger partial charge is 0.313 e. The normalized spacial score (nSPS) is 14.1. The van der Waals surface area contributed by atoms with Crippen LogP contribution in [0.4, 0.5) is 10.1 Å². The van der Waals surface area contributed by atoms with Gasteiger partial charge < -0.3 is 10.5 Å². The molecule has 1 unspecified atom stereocenters. The van der Waals surface area contributed by atoms with E-state index >= 15 is 0 Å². The van der Waals surface area contributed by atoms with Crippen LogP contribution >= 0.6 is 0 Å². The molecule has 0 spiro atoms. The number of aryl methyl sites for hydroxylation is 1. The summed E-state index contributed by atoms with van der Waals surface area (Å²) in [5.74, 6) is -0.580. The zero-order valence-corrected chi connectivity index (χ0v) is 10.7. The summed E-state index contributed by atoms with van der Waals surface area (Å²) in [6.07, 6.45) is 0.668. The minimum Gasteiger partial charge on any atom is -0.485 e. The van der Waals surface area contributed by atoms with Crippen LogP contribution < -0.4 is 10.5 Å². The summed E-state index contributed by atoms with van der Waals surface area (Å²) in [5.41, 5.74) is 5.23. The van der Waals surface area contributed by atoms with Gasteiger partial charge in [-0.3, -0.25) is 10.1 Å². The first kappa shape index (κ1) is 14.4. The van der Waals surface area contributed by atoms with Gasteiger partial charge in [0, 0.05) is 5.54 Å². The first-order chi connectivity index (χ1) is 8.26. The molecule has 0 bridgehead atoms. The van der Waals surface area contributed by atoms with E-state index in [-0.39, 0.29) is 18.0 Å². The molecule has 0 fully saturated rings. The number of benzene rings is 1. The summed E-state index contributed by atoms with van der Waals surface area (Å²) >= 11 is 0. The van der Waals surface area contributed by atoms with Crippen molar-refractivity contribution in [3.05, 3.63) is 33.6 Å². The molecule has 0 saturated carbocycles. The van der Waals surface area contributed by atoms with E-state index in [0.29, 0.717) is 12.0 Å². The van der Waals surface area contributed by atoms with Gasteiger partial charge >= 0.3 is 5.69 Å². The predicted octanol–water partition coefficient (Wildman–Crippen LogP) is 2.55. The molecule has 0 heterocycles. The molecule has 0 aliphatic rings. The highest BCUT2D eigenvalue weighted by atomic mass is 19.1. The average Bonchev–Trinajstić information content (AvgIpc) is 2.30. The number of nitro benzene ring substituents is 1. The van der Waals surface area contributed by atoms with Crippen molar-refractivity contribution in [3.8, 4) is 5.75 Å². The van der Waals surface area contributed by atoms with Crippen molar-refractivity contribution < 1.29 is 14.1 Å². The van der Waals surface area contributed by atoms with E-state index in [0.717, 1.165) is 6.07 Å². The van der Waals surface area contributed by atoms with Crippen LogP contribution in [0, 0.1) is 22.9 Å². The fraction of sp³-hybridized carbons (Fsp3) is 0.500. The SMILES string of the molecule is CCC(C)(N)COc1cc(C)c(F)cc1[N+](=O)[O-]. The van der Waals surface area contributed by atoms with Crippen LogP contribution in [-0.4, -0.2) is 17.1 Å². The Kier molecular flexibility index (Phi) is 4.24. The van der Waals surface area contributed by atoms with E-state index in [1.165, 1.54) is 13.0 Å². The summed E-state index contributed by atoms with van der Waals surface area (Å²) < 4.78 is 18.6. The summed E-state index contributed by atoms with van der Waals surface area (Å²) in [4.78, 5) is 10.1. The van der Waals surface area contributed by atoms with E-state index in [4.69, 9.17) is 10.5 Å².